The maximum Gasteiger partial charge on any atom is 0.259 e. The quantitative estimate of drug-likeness (QED) is 0.831. The van der Waals surface area contributed by atoms with E-state index in [1.807, 2.05) is 4.90 Å². The number of hydrogen-bond acceptors (Lipinski definition) is 4. The van der Waals surface area contributed by atoms with Gasteiger partial charge in [-0.3, -0.25) is 9.59 Å². The van der Waals surface area contributed by atoms with Gasteiger partial charge < -0.3 is 9.42 Å². The first-order valence-electron chi connectivity index (χ1n) is 7.43. The van der Waals surface area contributed by atoms with Gasteiger partial charge in [0.25, 0.3) is 5.91 Å². The second-order valence-corrected chi connectivity index (χ2v) is 5.82. The molecule has 1 amide bonds. The highest BCUT2D eigenvalue weighted by Crippen LogP contribution is 2.33. The molecule has 2 heterocycles. The molecule has 2 atom stereocenters. The van der Waals surface area contributed by atoms with Gasteiger partial charge in [0, 0.05) is 24.9 Å². The Bertz CT molecular complexity index is 523. The maximum atomic E-state index is 12.7. The highest BCUT2D eigenvalue weighted by Gasteiger charge is 2.39. The first-order valence-corrected chi connectivity index (χ1v) is 7.43. The molecule has 1 aliphatic heterocycles. The van der Waals surface area contributed by atoms with Crippen molar-refractivity contribution in [2.45, 2.75) is 51.5 Å². The fourth-order valence-electron chi connectivity index (χ4n) is 3.54. The van der Waals surface area contributed by atoms with Gasteiger partial charge in [-0.2, -0.15) is 0 Å². The Morgan fingerprint density at radius 1 is 1.35 bits per heavy atom. The molecule has 1 saturated heterocycles. The first-order chi connectivity index (χ1) is 9.68. The lowest BCUT2D eigenvalue weighted by Crippen LogP contribution is -2.48. The minimum absolute atomic E-state index is 0.0341. The summed E-state index contributed by atoms with van der Waals surface area (Å²) in [6.07, 6.45) is 7.10. The molecule has 5 heteroatoms. The van der Waals surface area contributed by atoms with Crippen LogP contribution in [-0.2, 0) is 4.79 Å². The van der Waals surface area contributed by atoms with Crippen molar-refractivity contribution in [3.8, 4) is 0 Å². The van der Waals surface area contributed by atoms with Crippen LogP contribution in [0.4, 0.5) is 0 Å². The number of likely N-dealkylation sites (tertiary alicyclic amines) is 1. The Morgan fingerprint density at radius 3 is 2.85 bits per heavy atom. The largest absolute Gasteiger partial charge is 0.361 e. The van der Waals surface area contributed by atoms with Crippen LogP contribution < -0.4 is 0 Å². The molecule has 0 N–H and O–H groups in total. The number of aryl methyl sites for hydroxylation is 1. The Morgan fingerprint density at radius 2 is 2.20 bits per heavy atom. The molecule has 0 bridgehead atoms. The van der Waals surface area contributed by atoms with Crippen molar-refractivity contribution in [2.75, 3.05) is 6.54 Å². The standard InChI is InChI=1S/C15H20N2O3/c1-10-12(9-16-20-10)15(19)17-8-3-2-6-13(17)11-5-4-7-14(11)18/h9,11,13H,2-8H2,1H3. The van der Waals surface area contributed by atoms with E-state index in [0.29, 0.717) is 23.5 Å². The summed E-state index contributed by atoms with van der Waals surface area (Å²) < 4.78 is 4.99. The van der Waals surface area contributed by atoms with Crippen molar-refractivity contribution < 1.29 is 14.1 Å². The second-order valence-electron chi connectivity index (χ2n) is 5.82. The number of hydrogen-bond donors (Lipinski definition) is 0. The molecule has 1 aromatic rings. The van der Waals surface area contributed by atoms with Gasteiger partial charge >= 0.3 is 0 Å². The van der Waals surface area contributed by atoms with Gasteiger partial charge in [0.1, 0.15) is 17.1 Å². The molecule has 2 aliphatic rings. The Labute approximate surface area is 118 Å². The van der Waals surface area contributed by atoms with Crippen LogP contribution in [0, 0.1) is 12.8 Å². The van der Waals surface area contributed by atoms with Gasteiger partial charge in [-0.05, 0) is 39.0 Å². The van der Waals surface area contributed by atoms with Gasteiger partial charge in [0.2, 0.25) is 0 Å². The minimum Gasteiger partial charge on any atom is -0.361 e. The van der Waals surface area contributed by atoms with Crippen LogP contribution in [-0.4, -0.2) is 34.3 Å². The number of ketones is 1. The highest BCUT2D eigenvalue weighted by molar-refractivity contribution is 5.95. The predicted molar refractivity (Wildman–Crippen MR) is 72.3 cm³/mol. The van der Waals surface area contributed by atoms with Gasteiger partial charge in [-0.15, -0.1) is 0 Å². The summed E-state index contributed by atoms with van der Waals surface area (Å²) in [4.78, 5) is 26.6. The van der Waals surface area contributed by atoms with E-state index in [1.165, 1.54) is 6.20 Å². The van der Waals surface area contributed by atoms with E-state index in [0.717, 1.165) is 38.6 Å². The topological polar surface area (TPSA) is 63.4 Å². The Kier molecular flexibility index (Phi) is 3.59. The van der Waals surface area contributed by atoms with Gasteiger partial charge in [0.15, 0.2) is 0 Å². The average molecular weight is 276 g/mol. The normalized spacial score (nSPS) is 27.1. The summed E-state index contributed by atoms with van der Waals surface area (Å²) in [5, 5.41) is 3.69. The Balaban J connectivity index is 1.84. The first kappa shape index (κ1) is 13.3. The molecular weight excluding hydrogens is 256 g/mol. The van der Waals surface area contributed by atoms with Crippen LogP contribution in [0.5, 0.6) is 0 Å². The van der Waals surface area contributed by atoms with Crippen molar-refractivity contribution >= 4 is 11.7 Å². The number of nitrogens with zero attached hydrogens (tertiary/aromatic N) is 2. The minimum atomic E-state index is -0.0341. The Hall–Kier alpha value is -1.65. The lowest BCUT2D eigenvalue weighted by molar-refractivity contribution is -0.122. The fraction of sp³-hybridized carbons (Fsp3) is 0.667. The maximum absolute atomic E-state index is 12.7. The van der Waals surface area contributed by atoms with Crippen molar-refractivity contribution in [1.29, 1.82) is 0 Å². The monoisotopic (exact) mass is 276 g/mol. The predicted octanol–water partition coefficient (Wildman–Crippen LogP) is 2.35. The smallest absolute Gasteiger partial charge is 0.259 e. The van der Waals surface area contributed by atoms with Crippen molar-refractivity contribution in [3.63, 3.8) is 0 Å². The number of amides is 1. The third-order valence-corrected chi connectivity index (χ3v) is 4.61. The van der Waals surface area contributed by atoms with Crippen LogP contribution in [0.1, 0.15) is 54.6 Å². The molecule has 1 saturated carbocycles. The zero-order valence-electron chi connectivity index (χ0n) is 11.8. The molecule has 0 aromatic carbocycles. The summed E-state index contributed by atoms with van der Waals surface area (Å²) in [7, 11) is 0. The van der Waals surface area contributed by atoms with Gasteiger partial charge in [-0.25, -0.2) is 0 Å². The van der Waals surface area contributed by atoms with Crippen LogP contribution in [0.15, 0.2) is 10.7 Å². The molecule has 1 aromatic heterocycles. The number of aromatic nitrogens is 1. The van der Waals surface area contributed by atoms with E-state index in [2.05, 4.69) is 5.16 Å². The van der Waals surface area contributed by atoms with Crippen molar-refractivity contribution in [3.05, 3.63) is 17.5 Å². The molecule has 3 rings (SSSR count). The molecule has 0 radical (unpaired) electrons. The molecule has 108 valence electrons. The molecular formula is C15H20N2O3. The zero-order valence-corrected chi connectivity index (χ0v) is 11.8. The fourth-order valence-corrected chi connectivity index (χ4v) is 3.54. The van der Waals surface area contributed by atoms with E-state index < -0.39 is 0 Å². The SMILES string of the molecule is Cc1oncc1C(=O)N1CCCCC1C1CCCC1=O. The number of carbonyl (C=O) groups excluding carboxylic acids is 2. The molecule has 5 nitrogen and oxygen atoms in total. The molecule has 2 unspecified atom stereocenters. The number of Topliss-reactive ketones (excluding diaryl/α,β-unsaturated/α-hetero) is 1. The molecule has 20 heavy (non-hydrogen) atoms. The molecule has 2 fully saturated rings. The van der Waals surface area contributed by atoms with Crippen LogP contribution in [0.3, 0.4) is 0 Å². The summed E-state index contributed by atoms with van der Waals surface area (Å²) in [6.45, 7) is 2.48. The summed E-state index contributed by atoms with van der Waals surface area (Å²) in [6, 6.07) is 0.0700. The number of piperidine rings is 1. The van der Waals surface area contributed by atoms with Crippen molar-refractivity contribution in [2.24, 2.45) is 5.92 Å². The van der Waals surface area contributed by atoms with Crippen LogP contribution >= 0.6 is 0 Å². The second kappa shape index (κ2) is 5.38. The summed E-state index contributed by atoms with van der Waals surface area (Å²) >= 11 is 0. The third-order valence-electron chi connectivity index (χ3n) is 4.61. The molecule has 1 aliphatic carbocycles. The van der Waals surface area contributed by atoms with Gasteiger partial charge in [-0.1, -0.05) is 5.16 Å². The van der Waals surface area contributed by atoms with E-state index in [4.69, 9.17) is 4.52 Å². The summed E-state index contributed by atoms with van der Waals surface area (Å²) in [5.74, 6) is 0.890. The van der Waals surface area contributed by atoms with Crippen LogP contribution in [0.25, 0.3) is 0 Å². The van der Waals surface area contributed by atoms with Crippen LogP contribution in [0.2, 0.25) is 0 Å². The lowest BCUT2D eigenvalue weighted by Gasteiger charge is -2.38. The van der Waals surface area contributed by atoms with E-state index in [1.54, 1.807) is 6.92 Å². The van der Waals surface area contributed by atoms with E-state index in [-0.39, 0.29) is 17.9 Å². The summed E-state index contributed by atoms with van der Waals surface area (Å²) in [5.41, 5.74) is 0.530. The van der Waals surface area contributed by atoms with E-state index >= 15 is 0 Å². The number of rotatable bonds is 2. The highest BCUT2D eigenvalue weighted by atomic mass is 16.5. The van der Waals surface area contributed by atoms with Gasteiger partial charge in [0.05, 0.1) is 6.20 Å². The third kappa shape index (κ3) is 2.25. The zero-order chi connectivity index (χ0) is 14.1. The lowest BCUT2D eigenvalue weighted by atomic mass is 9.88. The molecule has 0 spiro atoms. The van der Waals surface area contributed by atoms with E-state index in [9.17, 15) is 9.59 Å². The average Bonchev–Trinajstić information content (AvgIpc) is 3.06. The number of carbonyl (C=O) groups is 2. The van der Waals surface area contributed by atoms with Crippen molar-refractivity contribution in [1.82, 2.24) is 10.1 Å².